The van der Waals surface area contributed by atoms with E-state index in [0.717, 1.165) is 21.4 Å². The largest absolute Gasteiger partial charge is 0.462 e. The van der Waals surface area contributed by atoms with Crippen molar-refractivity contribution in [1.29, 1.82) is 0 Å². The zero-order chi connectivity index (χ0) is 19.1. The van der Waals surface area contributed by atoms with Crippen LogP contribution in [0.25, 0.3) is 0 Å². The number of aliphatic imine (C=N–C) groups is 1. The van der Waals surface area contributed by atoms with Crippen molar-refractivity contribution in [3.63, 3.8) is 0 Å². The van der Waals surface area contributed by atoms with E-state index in [0.29, 0.717) is 29.7 Å². The van der Waals surface area contributed by atoms with Crippen LogP contribution in [-0.2, 0) is 11.3 Å². The van der Waals surface area contributed by atoms with Gasteiger partial charge in [-0.1, -0.05) is 0 Å². The van der Waals surface area contributed by atoms with Crippen LogP contribution in [0.3, 0.4) is 0 Å². The summed E-state index contributed by atoms with van der Waals surface area (Å²) in [5.74, 6) is 0.388. The molecule has 7 nitrogen and oxygen atoms in total. The average molecular weight is 523 g/mol. The molecule has 2 aromatic rings. The molecule has 2 rings (SSSR count). The van der Waals surface area contributed by atoms with E-state index >= 15 is 0 Å². The average Bonchev–Trinajstić information content (AvgIpc) is 3.19. The van der Waals surface area contributed by atoms with Crippen LogP contribution >= 0.6 is 46.7 Å². The van der Waals surface area contributed by atoms with E-state index in [4.69, 9.17) is 4.74 Å². The first-order valence-electron chi connectivity index (χ1n) is 8.55. The molecule has 1 atom stereocenters. The summed E-state index contributed by atoms with van der Waals surface area (Å²) in [5, 5.41) is 8.43. The predicted molar refractivity (Wildman–Crippen MR) is 121 cm³/mol. The number of carbonyl (C=O) groups excluding carboxylic acids is 1. The molecule has 0 bridgehead atoms. The highest BCUT2D eigenvalue weighted by atomic mass is 127. The van der Waals surface area contributed by atoms with Gasteiger partial charge in [-0.15, -0.1) is 46.7 Å². The van der Waals surface area contributed by atoms with Gasteiger partial charge in [0.2, 0.25) is 0 Å². The van der Waals surface area contributed by atoms with Crippen molar-refractivity contribution in [1.82, 2.24) is 20.6 Å². The molecule has 0 spiro atoms. The highest BCUT2D eigenvalue weighted by molar-refractivity contribution is 14.0. The molecule has 0 fully saturated rings. The van der Waals surface area contributed by atoms with Gasteiger partial charge >= 0.3 is 5.97 Å². The van der Waals surface area contributed by atoms with Crippen LogP contribution in [0.4, 0.5) is 0 Å². The molecule has 0 aliphatic rings. The van der Waals surface area contributed by atoms with Crippen LogP contribution in [0.15, 0.2) is 11.2 Å². The molecule has 0 aliphatic heterocycles. The van der Waals surface area contributed by atoms with Crippen LogP contribution in [0.2, 0.25) is 0 Å². The number of nitrogens with one attached hydrogen (secondary N) is 2. The van der Waals surface area contributed by atoms with Crippen molar-refractivity contribution in [2.75, 3.05) is 13.2 Å². The highest BCUT2D eigenvalue weighted by Gasteiger charge is 2.20. The van der Waals surface area contributed by atoms with Crippen molar-refractivity contribution in [3.05, 3.63) is 31.7 Å². The lowest BCUT2D eigenvalue weighted by Crippen LogP contribution is -2.38. The number of carbonyl (C=O) groups is 1. The number of rotatable bonds is 7. The third-order valence-corrected chi connectivity index (χ3v) is 5.62. The van der Waals surface area contributed by atoms with Gasteiger partial charge in [-0.05, 0) is 34.6 Å². The van der Waals surface area contributed by atoms with Crippen LogP contribution in [0, 0.1) is 13.8 Å². The molecule has 2 heterocycles. The molecule has 0 radical (unpaired) electrons. The summed E-state index contributed by atoms with van der Waals surface area (Å²) < 4.78 is 5.08. The number of guanidine groups is 1. The standard InChI is InChI=1S/C17H25N5O2S2.HI/c1-6-18-17(20-9-13-8-19-12(5)25-13)22-11(4)15-21-10(3)14(26-15)16(23)24-7-2;/h8,11H,6-7,9H2,1-5H3,(H2,18,20,22);1H. The number of thiazole rings is 2. The number of hydrogen-bond donors (Lipinski definition) is 2. The van der Waals surface area contributed by atoms with Gasteiger partial charge in [0.1, 0.15) is 9.88 Å². The van der Waals surface area contributed by atoms with Crippen molar-refractivity contribution < 1.29 is 9.53 Å². The first-order valence-corrected chi connectivity index (χ1v) is 10.2. The molecular formula is C17H26IN5O2S2. The lowest BCUT2D eigenvalue weighted by molar-refractivity contribution is 0.0531. The van der Waals surface area contributed by atoms with E-state index in [2.05, 4.69) is 25.6 Å². The van der Waals surface area contributed by atoms with E-state index in [1.54, 1.807) is 18.3 Å². The normalized spacial score (nSPS) is 12.3. The summed E-state index contributed by atoms with van der Waals surface area (Å²) >= 11 is 3.00. The quantitative estimate of drug-likeness (QED) is 0.248. The Hall–Kier alpha value is -1.27. The Morgan fingerprint density at radius 1 is 1.33 bits per heavy atom. The second-order valence-electron chi connectivity index (χ2n) is 5.59. The van der Waals surface area contributed by atoms with Gasteiger partial charge in [0.25, 0.3) is 0 Å². The van der Waals surface area contributed by atoms with Crippen molar-refractivity contribution in [2.45, 2.75) is 47.2 Å². The number of esters is 1. The molecule has 10 heteroatoms. The minimum absolute atomic E-state index is 0. The van der Waals surface area contributed by atoms with E-state index in [1.807, 2.05) is 33.9 Å². The first kappa shape index (κ1) is 23.8. The minimum Gasteiger partial charge on any atom is -0.462 e. The zero-order valence-corrected chi connectivity index (χ0v) is 20.1. The summed E-state index contributed by atoms with van der Waals surface area (Å²) in [7, 11) is 0. The fourth-order valence-corrected chi connectivity index (χ4v) is 3.89. The zero-order valence-electron chi connectivity index (χ0n) is 16.2. The minimum atomic E-state index is -0.318. The van der Waals surface area contributed by atoms with Crippen LogP contribution in [0.1, 0.15) is 57.1 Å². The maximum absolute atomic E-state index is 12.0. The van der Waals surface area contributed by atoms with Gasteiger partial charge in [-0.25, -0.2) is 19.8 Å². The van der Waals surface area contributed by atoms with E-state index in [1.165, 1.54) is 11.3 Å². The van der Waals surface area contributed by atoms with Crippen LogP contribution in [0.5, 0.6) is 0 Å². The number of nitrogens with zero attached hydrogens (tertiary/aromatic N) is 3. The molecule has 0 saturated carbocycles. The SMILES string of the molecule is CCNC(=NCc1cnc(C)s1)NC(C)c1nc(C)c(C(=O)OCC)s1.I. The van der Waals surface area contributed by atoms with Crippen LogP contribution < -0.4 is 10.6 Å². The Kier molecular flexibility index (Phi) is 10.2. The number of aromatic nitrogens is 2. The fraction of sp³-hybridized carbons (Fsp3) is 0.529. The third kappa shape index (κ3) is 7.00. The molecule has 27 heavy (non-hydrogen) atoms. The molecule has 2 aromatic heterocycles. The topological polar surface area (TPSA) is 88.5 Å². The molecule has 1 unspecified atom stereocenters. The monoisotopic (exact) mass is 523 g/mol. The second kappa shape index (κ2) is 11.5. The molecule has 0 aliphatic carbocycles. The maximum atomic E-state index is 12.0. The summed E-state index contributed by atoms with van der Waals surface area (Å²) in [5.41, 5.74) is 0.694. The van der Waals surface area contributed by atoms with Crippen molar-refractivity contribution in [2.24, 2.45) is 4.99 Å². The predicted octanol–water partition coefficient (Wildman–Crippen LogP) is 3.83. The van der Waals surface area contributed by atoms with Crippen LogP contribution in [-0.4, -0.2) is 35.0 Å². The van der Waals surface area contributed by atoms with Gasteiger partial charge in [-0.2, -0.15) is 0 Å². The molecule has 0 saturated heterocycles. The number of ether oxygens (including phenoxy) is 1. The van der Waals surface area contributed by atoms with Gasteiger partial charge in [0, 0.05) is 17.6 Å². The Morgan fingerprint density at radius 2 is 2.07 bits per heavy atom. The molecule has 0 aromatic carbocycles. The molecule has 0 amide bonds. The van der Waals surface area contributed by atoms with E-state index in [-0.39, 0.29) is 36.0 Å². The summed E-state index contributed by atoms with van der Waals surface area (Å²) in [6.45, 7) is 11.3. The summed E-state index contributed by atoms with van der Waals surface area (Å²) in [4.78, 5) is 27.0. The van der Waals surface area contributed by atoms with E-state index in [9.17, 15) is 4.79 Å². The number of hydrogen-bond acceptors (Lipinski definition) is 7. The smallest absolute Gasteiger partial charge is 0.350 e. The lowest BCUT2D eigenvalue weighted by Gasteiger charge is -2.15. The lowest BCUT2D eigenvalue weighted by atomic mass is 10.3. The molecule has 2 N–H and O–H groups in total. The fourth-order valence-electron chi connectivity index (χ4n) is 2.21. The van der Waals surface area contributed by atoms with Gasteiger partial charge in [-0.3, -0.25) is 0 Å². The molecule has 150 valence electrons. The summed E-state index contributed by atoms with van der Waals surface area (Å²) in [6.07, 6.45) is 1.85. The Labute approximate surface area is 185 Å². The highest BCUT2D eigenvalue weighted by Crippen LogP contribution is 2.24. The second-order valence-corrected chi connectivity index (χ2v) is 7.94. The number of aryl methyl sites for hydroxylation is 2. The van der Waals surface area contributed by atoms with Gasteiger partial charge in [0.05, 0.1) is 29.9 Å². The Balaban J connectivity index is 0.00000364. The summed E-state index contributed by atoms with van der Waals surface area (Å²) in [6, 6.07) is -0.0807. The van der Waals surface area contributed by atoms with Crippen molar-refractivity contribution in [3.8, 4) is 0 Å². The Bertz CT molecular complexity index is 775. The molecular weight excluding hydrogens is 497 g/mol. The van der Waals surface area contributed by atoms with E-state index < -0.39 is 0 Å². The third-order valence-electron chi connectivity index (χ3n) is 3.40. The Morgan fingerprint density at radius 3 is 2.67 bits per heavy atom. The van der Waals surface area contributed by atoms with Gasteiger partial charge < -0.3 is 15.4 Å². The van der Waals surface area contributed by atoms with Gasteiger partial charge in [0.15, 0.2) is 5.96 Å². The maximum Gasteiger partial charge on any atom is 0.350 e. The first-order chi connectivity index (χ1) is 12.4. The number of halogens is 1. The van der Waals surface area contributed by atoms with Crippen molar-refractivity contribution >= 4 is 58.6 Å².